The van der Waals surface area contributed by atoms with E-state index in [1.807, 2.05) is 19.1 Å². The van der Waals surface area contributed by atoms with Crippen LogP contribution in [0.5, 0.6) is 5.75 Å². The molecule has 0 saturated heterocycles. The standard InChI is InChI=1S/C14H16N2OS/c1-10-3-8-14(17)13(16-10)9-15-11-4-6-12(18-2)7-5-11/h3-8,15,17H,9H2,1-2H3. The maximum Gasteiger partial charge on any atom is 0.138 e. The zero-order chi connectivity index (χ0) is 13.0. The van der Waals surface area contributed by atoms with Gasteiger partial charge in [-0.05, 0) is 49.6 Å². The number of pyridine rings is 1. The normalized spacial score (nSPS) is 10.3. The van der Waals surface area contributed by atoms with E-state index in [0.717, 1.165) is 11.4 Å². The maximum absolute atomic E-state index is 9.69. The van der Waals surface area contributed by atoms with Crippen LogP contribution in [0.25, 0.3) is 0 Å². The molecule has 0 unspecified atom stereocenters. The summed E-state index contributed by atoms with van der Waals surface area (Å²) in [5.41, 5.74) is 2.60. The second-order valence-electron chi connectivity index (χ2n) is 4.00. The number of anilines is 1. The molecule has 0 atom stereocenters. The summed E-state index contributed by atoms with van der Waals surface area (Å²) in [5.74, 6) is 0.230. The predicted molar refractivity (Wildman–Crippen MR) is 76.2 cm³/mol. The zero-order valence-electron chi connectivity index (χ0n) is 10.5. The van der Waals surface area contributed by atoms with Gasteiger partial charge in [0.2, 0.25) is 0 Å². The Kier molecular flexibility index (Phi) is 4.10. The summed E-state index contributed by atoms with van der Waals surface area (Å²) >= 11 is 1.72. The van der Waals surface area contributed by atoms with Crippen LogP contribution >= 0.6 is 11.8 Å². The van der Waals surface area contributed by atoms with Gasteiger partial charge in [0, 0.05) is 16.3 Å². The average molecular weight is 260 g/mol. The van der Waals surface area contributed by atoms with Crippen molar-refractivity contribution >= 4 is 17.4 Å². The van der Waals surface area contributed by atoms with E-state index in [4.69, 9.17) is 0 Å². The van der Waals surface area contributed by atoms with Crippen LogP contribution < -0.4 is 5.32 Å². The van der Waals surface area contributed by atoms with E-state index in [1.54, 1.807) is 23.9 Å². The highest BCUT2D eigenvalue weighted by Crippen LogP contribution is 2.19. The molecule has 0 aliphatic heterocycles. The topological polar surface area (TPSA) is 45.2 Å². The summed E-state index contributed by atoms with van der Waals surface area (Å²) in [5, 5.41) is 12.9. The van der Waals surface area contributed by atoms with Gasteiger partial charge >= 0.3 is 0 Å². The molecule has 0 aliphatic carbocycles. The van der Waals surface area contributed by atoms with Gasteiger partial charge in [-0.3, -0.25) is 4.98 Å². The number of nitrogens with one attached hydrogen (secondary N) is 1. The quantitative estimate of drug-likeness (QED) is 0.827. The number of hydrogen-bond donors (Lipinski definition) is 2. The molecule has 1 aromatic carbocycles. The Morgan fingerprint density at radius 2 is 1.89 bits per heavy atom. The Morgan fingerprint density at radius 3 is 2.56 bits per heavy atom. The molecule has 2 aromatic rings. The second-order valence-corrected chi connectivity index (χ2v) is 4.88. The largest absolute Gasteiger partial charge is 0.506 e. The van der Waals surface area contributed by atoms with E-state index in [-0.39, 0.29) is 5.75 Å². The smallest absolute Gasteiger partial charge is 0.138 e. The number of hydrogen-bond acceptors (Lipinski definition) is 4. The predicted octanol–water partition coefficient (Wildman–Crippen LogP) is 3.43. The third-order valence-corrected chi connectivity index (χ3v) is 3.38. The van der Waals surface area contributed by atoms with Crippen molar-refractivity contribution in [3.8, 4) is 5.75 Å². The Morgan fingerprint density at radius 1 is 1.17 bits per heavy atom. The van der Waals surface area contributed by atoms with Gasteiger partial charge < -0.3 is 10.4 Å². The minimum Gasteiger partial charge on any atom is -0.506 e. The molecule has 0 bridgehead atoms. The van der Waals surface area contributed by atoms with Crippen molar-refractivity contribution < 1.29 is 5.11 Å². The van der Waals surface area contributed by atoms with Gasteiger partial charge in [0.25, 0.3) is 0 Å². The summed E-state index contributed by atoms with van der Waals surface area (Å²) in [7, 11) is 0. The van der Waals surface area contributed by atoms with Crippen LogP contribution in [0.1, 0.15) is 11.4 Å². The van der Waals surface area contributed by atoms with Crippen LogP contribution in [0.3, 0.4) is 0 Å². The molecule has 94 valence electrons. The van der Waals surface area contributed by atoms with Gasteiger partial charge in [0.15, 0.2) is 0 Å². The molecule has 0 radical (unpaired) electrons. The average Bonchev–Trinajstić information content (AvgIpc) is 2.40. The monoisotopic (exact) mass is 260 g/mol. The first-order valence-electron chi connectivity index (χ1n) is 5.72. The molecule has 3 nitrogen and oxygen atoms in total. The van der Waals surface area contributed by atoms with Crippen molar-refractivity contribution in [3.05, 3.63) is 47.8 Å². The van der Waals surface area contributed by atoms with Gasteiger partial charge in [-0.15, -0.1) is 11.8 Å². The molecule has 0 spiro atoms. The summed E-state index contributed by atoms with van der Waals surface area (Å²) in [6, 6.07) is 11.7. The van der Waals surface area contributed by atoms with Crippen molar-refractivity contribution in [2.75, 3.05) is 11.6 Å². The Hall–Kier alpha value is -1.68. The van der Waals surface area contributed by atoms with Crippen LogP contribution in [0, 0.1) is 6.92 Å². The van der Waals surface area contributed by atoms with E-state index >= 15 is 0 Å². The summed E-state index contributed by atoms with van der Waals surface area (Å²) in [4.78, 5) is 5.54. The first-order chi connectivity index (χ1) is 8.69. The third-order valence-electron chi connectivity index (χ3n) is 2.64. The van der Waals surface area contributed by atoms with Gasteiger partial charge in [0.1, 0.15) is 11.4 Å². The van der Waals surface area contributed by atoms with Crippen molar-refractivity contribution in [1.29, 1.82) is 0 Å². The number of aryl methyl sites for hydroxylation is 1. The third kappa shape index (κ3) is 3.17. The Balaban J connectivity index is 2.04. The molecule has 1 aromatic heterocycles. The highest BCUT2D eigenvalue weighted by atomic mass is 32.2. The molecule has 0 fully saturated rings. The van der Waals surface area contributed by atoms with Crippen LogP contribution in [0.4, 0.5) is 5.69 Å². The molecule has 2 N–H and O–H groups in total. The number of benzene rings is 1. The summed E-state index contributed by atoms with van der Waals surface area (Å²) in [6.45, 7) is 2.43. The van der Waals surface area contributed by atoms with E-state index in [0.29, 0.717) is 12.2 Å². The molecule has 4 heteroatoms. The highest BCUT2D eigenvalue weighted by Gasteiger charge is 2.02. The molecule has 0 amide bonds. The number of aromatic nitrogens is 1. The number of thioether (sulfide) groups is 1. The zero-order valence-corrected chi connectivity index (χ0v) is 11.3. The van der Waals surface area contributed by atoms with E-state index in [9.17, 15) is 5.11 Å². The lowest BCUT2D eigenvalue weighted by Gasteiger charge is -2.08. The first-order valence-corrected chi connectivity index (χ1v) is 6.95. The van der Waals surface area contributed by atoms with Crippen molar-refractivity contribution in [1.82, 2.24) is 4.98 Å². The first kappa shape index (κ1) is 12.8. The molecule has 18 heavy (non-hydrogen) atoms. The Bertz CT molecular complexity index is 526. The number of nitrogens with zero attached hydrogens (tertiary/aromatic N) is 1. The number of rotatable bonds is 4. The number of aromatic hydroxyl groups is 1. The molecule has 2 rings (SSSR count). The molecular weight excluding hydrogens is 244 g/mol. The van der Waals surface area contributed by atoms with Gasteiger partial charge in [-0.1, -0.05) is 0 Å². The lowest BCUT2D eigenvalue weighted by molar-refractivity contribution is 0.464. The minimum absolute atomic E-state index is 0.230. The lowest BCUT2D eigenvalue weighted by atomic mass is 10.2. The molecule has 1 heterocycles. The van der Waals surface area contributed by atoms with Crippen LogP contribution in [0.2, 0.25) is 0 Å². The summed E-state index contributed by atoms with van der Waals surface area (Å²) < 4.78 is 0. The minimum atomic E-state index is 0.230. The van der Waals surface area contributed by atoms with Crippen molar-refractivity contribution in [2.45, 2.75) is 18.4 Å². The molecular formula is C14H16N2OS. The summed E-state index contributed by atoms with van der Waals surface area (Å²) in [6.07, 6.45) is 2.05. The Labute approximate surface area is 111 Å². The van der Waals surface area contributed by atoms with Crippen molar-refractivity contribution in [2.24, 2.45) is 0 Å². The fraction of sp³-hybridized carbons (Fsp3) is 0.214. The fourth-order valence-electron chi connectivity index (χ4n) is 1.63. The fourth-order valence-corrected chi connectivity index (χ4v) is 2.04. The van der Waals surface area contributed by atoms with E-state index in [1.165, 1.54) is 4.90 Å². The maximum atomic E-state index is 9.69. The van der Waals surface area contributed by atoms with Crippen LogP contribution in [-0.2, 0) is 6.54 Å². The molecule has 0 saturated carbocycles. The van der Waals surface area contributed by atoms with Crippen molar-refractivity contribution in [3.63, 3.8) is 0 Å². The van der Waals surface area contributed by atoms with Gasteiger partial charge in [-0.2, -0.15) is 0 Å². The van der Waals surface area contributed by atoms with E-state index in [2.05, 4.69) is 28.7 Å². The highest BCUT2D eigenvalue weighted by molar-refractivity contribution is 7.98. The van der Waals surface area contributed by atoms with Crippen LogP contribution in [0.15, 0.2) is 41.3 Å². The molecule has 0 aliphatic rings. The van der Waals surface area contributed by atoms with Gasteiger partial charge in [0.05, 0.1) is 6.54 Å². The lowest BCUT2D eigenvalue weighted by Crippen LogP contribution is -2.02. The SMILES string of the molecule is CSc1ccc(NCc2nc(C)ccc2O)cc1. The van der Waals surface area contributed by atoms with Crippen LogP contribution in [-0.4, -0.2) is 16.3 Å². The van der Waals surface area contributed by atoms with E-state index < -0.39 is 0 Å². The second kappa shape index (κ2) is 5.78. The van der Waals surface area contributed by atoms with Gasteiger partial charge in [-0.25, -0.2) is 0 Å².